The summed E-state index contributed by atoms with van der Waals surface area (Å²) in [5, 5.41) is 13.7. The maximum atomic E-state index is 12.7. The van der Waals surface area contributed by atoms with Crippen LogP contribution in [0.2, 0.25) is 0 Å². The normalized spacial score (nSPS) is 16.0. The number of hydrogen-bond acceptors (Lipinski definition) is 4. The molecule has 1 fully saturated rings. The van der Waals surface area contributed by atoms with Crippen molar-refractivity contribution in [2.45, 2.75) is 32.2 Å². The van der Waals surface area contributed by atoms with Gasteiger partial charge in [0, 0.05) is 18.5 Å². The monoisotopic (exact) mass is 393 g/mol. The minimum Gasteiger partial charge on any atom is -0.341 e. The second kappa shape index (κ2) is 9.71. The smallest absolute Gasteiger partial charge is 0.273 e. The molecule has 1 aromatic heterocycles. The molecule has 1 saturated heterocycles. The molecule has 1 aliphatic rings. The molecule has 3 rings (SSSR count). The number of amides is 2. The minimum atomic E-state index is -0.563. The molecule has 1 atom stereocenters. The zero-order chi connectivity index (χ0) is 18.5. The maximum Gasteiger partial charge on any atom is 0.273 e. The largest absolute Gasteiger partial charge is 0.341 e. The summed E-state index contributed by atoms with van der Waals surface area (Å²) in [4.78, 5) is 27.0. The molecular formula is C19H28ClN5O2. The maximum absolute atomic E-state index is 12.7. The van der Waals surface area contributed by atoms with Gasteiger partial charge in [-0.3, -0.25) is 14.7 Å². The molecule has 0 radical (unpaired) electrons. The summed E-state index contributed by atoms with van der Waals surface area (Å²) >= 11 is 0. The lowest BCUT2D eigenvalue weighted by molar-refractivity contribution is -0.134. The van der Waals surface area contributed by atoms with Crippen LogP contribution >= 0.6 is 12.4 Å². The van der Waals surface area contributed by atoms with Crippen molar-refractivity contribution in [3.63, 3.8) is 0 Å². The van der Waals surface area contributed by atoms with Crippen molar-refractivity contribution in [3.8, 4) is 0 Å². The van der Waals surface area contributed by atoms with Crippen LogP contribution in [0.1, 0.15) is 36.7 Å². The molecule has 3 N–H and O–H groups in total. The third-order valence-electron chi connectivity index (χ3n) is 5.13. The Hall–Kier alpha value is -2.12. The van der Waals surface area contributed by atoms with E-state index in [4.69, 9.17) is 0 Å². The Balaban J connectivity index is 0.00000261. The van der Waals surface area contributed by atoms with Gasteiger partial charge in [-0.1, -0.05) is 18.2 Å². The molecule has 2 aromatic rings. The zero-order valence-electron chi connectivity index (χ0n) is 15.8. The number of likely N-dealkylation sites (tertiary alicyclic amines) is 1. The van der Waals surface area contributed by atoms with Gasteiger partial charge in [0.15, 0.2) is 5.69 Å². The van der Waals surface area contributed by atoms with Crippen molar-refractivity contribution in [3.05, 3.63) is 30.0 Å². The Bertz CT molecular complexity index is 770. The van der Waals surface area contributed by atoms with Crippen molar-refractivity contribution < 1.29 is 9.59 Å². The van der Waals surface area contributed by atoms with Crippen molar-refractivity contribution in [2.75, 3.05) is 26.7 Å². The highest BCUT2D eigenvalue weighted by Crippen LogP contribution is 2.20. The lowest BCUT2D eigenvalue weighted by Gasteiger charge is -2.33. The standard InChI is InChI=1S/C19H27N5O2.ClH/c1-13(19(26)24-11-8-14(9-12-24)7-10-20-2)21-18(25)17-15-5-3-4-6-16(15)22-23-17;/h3-6,13-14,20H,7-12H2,1-2H3,(H,21,25)(H,22,23);1H. The topological polar surface area (TPSA) is 90.1 Å². The van der Waals surface area contributed by atoms with E-state index >= 15 is 0 Å². The average molecular weight is 394 g/mol. The summed E-state index contributed by atoms with van der Waals surface area (Å²) < 4.78 is 0. The summed E-state index contributed by atoms with van der Waals surface area (Å²) in [7, 11) is 1.96. The fraction of sp³-hybridized carbons (Fsp3) is 0.526. The lowest BCUT2D eigenvalue weighted by atomic mass is 9.93. The van der Waals surface area contributed by atoms with Crippen LogP contribution in [-0.2, 0) is 4.79 Å². The number of fused-ring (bicyclic) bond motifs is 1. The second-order valence-corrected chi connectivity index (χ2v) is 6.97. The summed E-state index contributed by atoms with van der Waals surface area (Å²) in [5.74, 6) is 0.323. The van der Waals surface area contributed by atoms with E-state index < -0.39 is 6.04 Å². The first-order chi connectivity index (χ1) is 12.6. The molecule has 148 valence electrons. The van der Waals surface area contributed by atoms with E-state index in [9.17, 15) is 9.59 Å². The van der Waals surface area contributed by atoms with Crippen molar-refractivity contribution in [1.29, 1.82) is 0 Å². The number of halogens is 1. The molecule has 0 spiro atoms. The molecule has 1 aromatic carbocycles. The van der Waals surface area contributed by atoms with Crippen LogP contribution in [-0.4, -0.2) is 59.6 Å². The molecule has 1 aliphatic heterocycles. The van der Waals surface area contributed by atoms with Crippen LogP contribution < -0.4 is 10.6 Å². The van der Waals surface area contributed by atoms with Crippen LogP contribution in [0.4, 0.5) is 0 Å². The number of hydrogen-bond donors (Lipinski definition) is 3. The highest BCUT2D eigenvalue weighted by Gasteiger charge is 2.27. The lowest BCUT2D eigenvalue weighted by Crippen LogP contribution is -2.49. The van der Waals surface area contributed by atoms with Gasteiger partial charge < -0.3 is 15.5 Å². The predicted octanol–water partition coefficient (Wildman–Crippen LogP) is 1.95. The third kappa shape index (κ3) is 4.99. The number of para-hydroxylation sites is 1. The van der Waals surface area contributed by atoms with Gasteiger partial charge in [0.05, 0.1) is 5.52 Å². The van der Waals surface area contributed by atoms with Gasteiger partial charge in [-0.15, -0.1) is 12.4 Å². The van der Waals surface area contributed by atoms with Gasteiger partial charge in [-0.2, -0.15) is 5.10 Å². The molecule has 1 unspecified atom stereocenters. The van der Waals surface area contributed by atoms with Crippen LogP contribution in [0.5, 0.6) is 0 Å². The van der Waals surface area contributed by atoms with Gasteiger partial charge in [-0.05, 0) is 51.8 Å². The van der Waals surface area contributed by atoms with Gasteiger partial charge in [0.25, 0.3) is 5.91 Å². The van der Waals surface area contributed by atoms with Gasteiger partial charge in [0.1, 0.15) is 6.04 Å². The quantitative estimate of drug-likeness (QED) is 0.699. The van der Waals surface area contributed by atoms with Crippen LogP contribution in [0.3, 0.4) is 0 Å². The van der Waals surface area contributed by atoms with Gasteiger partial charge >= 0.3 is 0 Å². The fourth-order valence-corrected chi connectivity index (χ4v) is 3.53. The average Bonchev–Trinajstić information content (AvgIpc) is 3.10. The number of piperidine rings is 1. The molecule has 0 saturated carbocycles. The zero-order valence-corrected chi connectivity index (χ0v) is 16.6. The minimum absolute atomic E-state index is 0. The SMILES string of the molecule is CNCCC1CCN(C(=O)C(C)NC(=O)c2n[nH]c3ccccc23)CC1.Cl. The van der Waals surface area contributed by atoms with Crippen LogP contribution in [0, 0.1) is 5.92 Å². The summed E-state index contributed by atoms with van der Waals surface area (Å²) in [6.45, 7) is 4.28. The number of aromatic amines is 1. The molecule has 27 heavy (non-hydrogen) atoms. The summed E-state index contributed by atoms with van der Waals surface area (Å²) in [6.07, 6.45) is 3.20. The van der Waals surface area contributed by atoms with Gasteiger partial charge in [-0.25, -0.2) is 0 Å². The first-order valence-electron chi connectivity index (χ1n) is 9.27. The molecule has 0 bridgehead atoms. The summed E-state index contributed by atoms with van der Waals surface area (Å²) in [6, 6.07) is 6.89. The number of nitrogens with one attached hydrogen (secondary N) is 3. The Morgan fingerprint density at radius 3 is 2.70 bits per heavy atom. The second-order valence-electron chi connectivity index (χ2n) is 6.97. The number of benzene rings is 1. The van der Waals surface area contributed by atoms with E-state index in [-0.39, 0.29) is 24.2 Å². The highest BCUT2D eigenvalue weighted by atomic mass is 35.5. The number of rotatable bonds is 6. The first kappa shape index (κ1) is 21.2. The molecule has 2 amide bonds. The van der Waals surface area contributed by atoms with Crippen LogP contribution in [0.15, 0.2) is 24.3 Å². The van der Waals surface area contributed by atoms with Crippen molar-refractivity contribution in [1.82, 2.24) is 25.7 Å². The highest BCUT2D eigenvalue weighted by molar-refractivity contribution is 6.05. The molecule has 8 heteroatoms. The van der Waals surface area contributed by atoms with E-state index in [0.29, 0.717) is 11.6 Å². The van der Waals surface area contributed by atoms with Gasteiger partial charge in [0.2, 0.25) is 5.91 Å². The number of nitrogens with zero attached hydrogens (tertiary/aromatic N) is 2. The van der Waals surface area contributed by atoms with E-state index in [2.05, 4.69) is 20.8 Å². The third-order valence-corrected chi connectivity index (χ3v) is 5.13. The van der Waals surface area contributed by atoms with Crippen molar-refractivity contribution in [2.24, 2.45) is 5.92 Å². The molecule has 0 aliphatic carbocycles. The first-order valence-corrected chi connectivity index (χ1v) is 9.27. The number of aromatic nitrogens is 2. The molecule has 7 nitrogen and oxygen atoms in total. The predicted molar refractivity (Wildman–Crippen MR) is 108 cm³/mol. The Morgan fingerprint density at radius 1 is 1.30 bits per heavy atom. The van der Waals surface area contributed by atoms with E-state index in [1.807, 2.05) is 36.2 Å². The molecule has 2 heterocycles. The number of H-pyrrole nitrogens is 1. The molecular weight excluding hydrogens is 366 g/mol. The van der Waals surface area contributed by atoms with E-state index in [1.54, 1.807) is 6.92 Å². The number of carbonyl (C=O) groups is 2. The summed E-state index contributed by atoms with van der Waals surface area (Å²) in [5.41, 5.74) is 1.13. The van der Waals surface area contributed by atoms with E-state index in [0.717, 1.165) is 49.8 Å². The fourth-order valence-electron chi connectivity index (χ4n) is 3.53. The Kier molecular flexibility index (Phi) is 7.62. The Labute approximate surface area is 165 Å². The number of carbonyl (C=O) groups excluding carboxylic acids is 2. The van der Waals surface area contributed by atoms with Crippen LogP contribution in [0.25, 0.3) is 10.9 Å². The van der Waals surface area contributed by atoms with Crippen molar-refractivity contribution >= 4 is 35.1 Å². The van der Waals surface area contributed by atoms with E-state index in [1.165, 1.54) is 0 Å². The Morgan fingerprint density at radius 2 is 2.00 bits per heavy atom.